The van der Waals surface area contributed by atoms with E-state index in [-0.39, 0.29) is 18.6 Å². The number of rotatable bonds is 3. The minimum absolute atomic E-state index is 0.0446. The van der Waals surface area contributed by atoms with E-state index in [4.69, 9.17) is 5.11 Å². The van der Waals surface area contributed by atoms with Gasteiger partial charge >= 0.3 is 0 Å². The van der Waals surface area contributed by atoms with E-state index in [0.717, 1.165) is 58.5 Å². The van der Waals surface area contributed by atoms with Gasteiger partial charge in [0, 0.05) is 26.2 Å². The molecule has 0 bridgehead atoms. The van der Waals surface area contributed by atoms with Gasteiger partial charge < -0.3 is 15.3 Å². The van der Waals surface area contributed by atoms with Gasteiger partial charge in [0.25, 0.3) is 0 Å². The Morgan fingerprint density at radius 3 is 2.78 bits per heavy atom. The number of hydrogen-bond donors (Lipinski definition) is 2. The molecule has 2 aliphatic rings. The van der Waals surface area contributed by atoms with Gasteiger partial charge in [0.1, 0.15) is 0 Å². The predicted octanol–water partition coefficient (Wildman–Crippen LogP) is -0.345. The third-order valence-corrected chi connectivity index (χ3v) is 3.92. The molecule has 0 aliphatic carbocycles. The summed E-state index contributed by atoms with van der Waals surface area (Å²) in [6.45, 7) is 5.44. The smallest absolute Gasteiger partial charge is 0.239 e. The SMILES string of the molecule is O=C(C1CCCCN1)N1CCCN(CCO)CC1. The molecule has 5 nitrogen and oxygen atoms in total. The highest BCUT2D eigenvalue weighted by molar-refractivity contribution is 5.82. The summed E-state index contributed by atoms with van der Waals surface area (Å²) in [4.78, 5) is 16.6. The van der Waals surface area contributed by atoms with E-state index < -0.39 is 0 Å². The second-order valence-corrected chi connectivity index (χ2v) is 5.25. The molecule has 1 unspecified atom stereocenters. The van der Waals surface area contributed by atoms with Gasteiger partial charge in [-0.3, -0.25) is 9.69 Å². The number of carbonyl (C=O) groups excluding carboxylic acids is 1. The highest BCUT2D eigenvalue weighted by atomic mass is 16.3. The highest BCUT2D eigenvalue weighted by Gasteiger charge is 2.26. The van der Waals surface area contributed by atoms with Crippen LogP contribution in [0.2, 0.25) is 0 Å². The standard InChI is InChI=1S/C13H25N3O2/c17-11-10-15-6-3-7-16(9-8-15)13(18)12-4-1-2-5-14-12/h12,14,17H,1-11H2. The number of nitrogens with zero attached hydrogens (tertiary/aromatic N) is 2. The maximum absolute atomic E-state index is 12.4. The maximum Gasteiger partial charge on any atom is 0.239 e. The Kier molecular flexibility index (Phi) is 5.41. The van der Waals surface area contributed by atoms with Crippen LogP contribution in [-0.4, -0.2) is 72.7 Å². The zero-order valence-corrected chi connectivity index (χ0v) is 11.1. The molecule has 1 amide bonds. The van der Waals surface area contributed by atoms with Crippen molar-refractivity contribution in [2.45, 2.75) is 31.7 Å². The van der Waals surface area contributed by atoms with Crippen LogP contribution in [0.15, 0.2) is 0 Å². The lowest BCUT2D eigenvalue weighted by atomic mass is 10.0. The number of aliphatic hydroxyl groups excluding tert-OH is 1. The minimum atomic E-state index is 0.0446. The van der Waals surface area contributed by atoms with E-state index >= 15 is 0 Å². The molecular formula is C13H25N3O2. The zero-order valence-electron chi connectivity index (χ0n) is 11.1. The van der Waals surface area contributed by atoms with Gasteiger partial charge in [-0.1, -0.05) is 6.42 Å². The van der Waals surface area contributed by atoms with Crippen molar-refractivity contribution in [1.29, 1.82) is 0 Å². The lowest BCUT2D eigenvalue weighted by Crippen LogP contribution is -2.49. The molecule has 2 N–H and O–H groups in total. The van der Waals surface area contributed by atoms with Crippen molar-refractivity contribution in [2.24, 2.45) is 0 Å². The number of carbonyl (C=O) groups is 1. The van der Waals surface area contributed by atoms with Gasteiger partial charge in [0.05, 0.1) is 12.6 Å². The minimum Gasteiger partial charge on any atom is -0.395 e. The summed E-state index contributed by atoms with van der Waals surface area (Å²) in [6.07, 6.45) is 4.34. The summed E-state index contributed by atoms with van der Waals surface area (Å²) in [7, 11) is 0. The number of nitrogens with one attached hydrogen (secondary N) is 1. The molecule has 2 rings (SSSR count). The van der Waals surface area contributed by atoms with Crippen LogP contribution >= 0.6 is 0 Å². The van der Waals surface area contributed by atoms with Crippen LogP contribution in [0, 0.1) is 0 Å². The van der Waals surface area contributed by atoms with Crippen LogP contribution in [0.1, 0.15) is 25.7 Å². The third-order valence-electron chi connectivity index (χ3n) is 3.92. The van der Waals surface area contributed by atoms with Crippen LogP contribution in [0.4, 0.5) is 0 Å². The van der Waals surface area contributed by atoms with E-state index in [9.17, 15) is 4.79 Å². The zero-order chi connectivity index (χ0) is 12.8. The van der Waals surface area contributed by atoms with Crippen molar-refractivity contribution < 1.29 is 9.90 Å². The lowest BCUT2D eigenvalue weighted by Gasteiger charge is -2.29. The summed E-state index contributed by atoms with van der Waals surface area (Å²) in [5, 5.41) is 12.3. The van der Waals surface area contributed by atoms with Gasteiger partial charge in [-0.2, -0.15) is 0 Å². The van der Waals surface area contributed by atoms with Gasteiger partial charge in [-0.25, -0.2) is 0 Å². The fourth-order valence-corrected chi connectivity index (χ4v) is 2.84. The summed E-state index contributed by atoms with van der Waals surface area (Å²) < 4.78 is 0. The van der Waals surface area contributed by atoms with Crippen LogP contribution in [0.5, 0.6) is 0 Å². The Morgan fingerprint density at radius 2 is 2.06 bits per heavy atom. The van der Waals surface area contributed by atoms with E-state index in [1.54, 1.807) is 0 Å². The fraction of sp³-hybridized carbons (Fsp3) is 0.923. The normalized spacial score (nSPS) is 26.9. The average molecular weight is 255 g/mol. The topological polar surface area (TPSA) is 55.8 Å². The number of amides is 1. The largest absolute Gasteiger partial charge is 0.395 e. The summed E-state index contributed by atoms with van der Waals surface area (Å²) in [6, 6.07) is 0.0446. The quantitative estimate of drug-likeness (QED) is 0.724. The van der Waals surface area contributed by atoms with Crippen LogP contribution in [0.25, 0.3) is 0 Å². The number of aliphatic hydroxyl groups is 1. The van der Waals surface area contributed by atoms with Crippen molar-refractivity contribution in [3.8, 4) is 0 Å². The molecule has 104 valence electrons. The molecule has 0 spiro atoms. The van der Waals surface area contributed by atoms with Crippen LogP contribution < -0.4 is 5.32 Å². The molecule has 18 heavy (non-hydrogen) atoms. The molecule has 0 aromatic heterocycles. The summed E-state index contributed by atoms with van der Waals surface area (Å²) in [5.41, 5.74) is 0. The Bertz CT molecular complexity index is 267. The first-order chi connectivity index (χ1) is 8.81. The molecule has 0 aromatic rings. The maximum atomic E-state index is 12.4. The lowest BCUT2D eigenvalue weighted by molar-refractivity contribution is -0.133. The first kappa shape index (κ1) is 13.8. The van der Waals surface area contributed by atoms with Crippen molar-refractivity contribution in [2.75, 3.05) is 45.9 Å². The molecule has 2 aliphatic heterocycles. The second kappa shape index (κ2) is 7.07. The van der Waals surface area contributed by atoms with Gasteiger partial charge in [-0.15, -0.1) is 0 Å². The monoisotopic (exact) mass is 255 g/mol. The van der Waals surface area contributed by atoms with Gasteiger partial charge in [0.15, 0.2) is 0 Å². The van der Waals surface area contributed by atoms with Gasteiger partial charge in [0.2, 0.25) is 5.91 Å². The number of hydrogen-bond acceptors (Lipinski definition) is 4. The van der Waals surface area contributed by atoms with Crippen molar-refractivity contribution in [3.05, 3.63) is 0 Å². The van der Waals surface area contributed by atoms with E-state index in [1.165, 1.54) is 6.42 Å². The fourth-order valence-electron chi connectivity index (χ4n) is 2.84. The van der Waals surface area contributed by atoms with E-state index in [0.29, 0.717) is 0 Å². The second-order valence-electron chi connectivity index (χ2n) is 5.25. The average Bonchev–Trinajstić information content (AvgIpc) is 2.65. The summed E-state index contributed by atoms with van der Waals surface area (Å²) in [5.74, 6) is 0.278. The first-order valence-corrected chi connectivity index (χ1v) is 7.16. The van der Waals surface area contributed by atoms with Crippen molar-refractivity contribution in [3.63, 3.8) is 0 Å². The van der Waals surface area contributed by atoms with Crippen LogP contribution in [0.3, 0.4) is 0 Å². The molecule has 2 heterocycles. The van der Waals surface area contributed by atoms with Crippen LogP contribution in [-0.2, 0) is 4.79 Å². The molecule has 0 saturated carbocycles. The predicted molar refractivity (Wildman–Crippen MR) is 70.4 cm³/mol. The first-order valence-electron chi connectivity index (χ1n) is 7.16. The van der Waals surface area contributed by atoms with E-state index in [2.05, 4.69) is 10.2 Å². The Balaban J connectivity index is 1.82. The third kappa shape index (κ3) is 3.67. The molecule has 5 heteroatoms. The molecule has 2 fully saturated rings. The Hall–Kier alpha value is -0.650. The van der Waals surface area contributed by atoms with E-state index in [1.807, 2.05) is 4.90 Å². The molecule has 0 aromatic carbocycles. The Labute approximate surface area is 109 Å². The molecular weight excluding hydrogens is 230 g/mol. The molecule has 2 saturated heterocycles. The summed E-state index contributed by atoms with van der Waals surface area (Å²) >= 11 is 0. The Morgan fingerprint density at radius 1 is 1.17 bits per heavy atom. The van der Waals surface area contributed by atoms with Gasteiger partial charge in [-0.05, 0) is 32.4 Å². The number of β-amino-alcohol motifs (C(OH)–C–C–N with tert-alkyl or cyclic N) is 1. The molecule has 0 radical (unpaired) electrons. The number of piperidine rings is 1. The van der Waals surface area contributed by atoms with Crippen molar-refractivity contribution >= 4 is 5.91 Å². The van der Waals surface area contributed by atoms with Crippen molar-refractivity contribution in [1.82, 2.24) is 15.1 Å². The molecule has 1 atom stereocenters. The highest BCUT2D eigenvalue weighted by Crippen LogP contribution is 2.12.